The van der Waals surface area contributed by atoms with Gasteiger partial charge >= 0.3 is 11.9 Å². The Morgan fingerprint density at radius 2 is 0.771 bits per heavy atom. The summed E-state index contributed by atoms with van der Waals surface area (Å²) in [4.78, 5) is 260. The molecule has 0 fully saturated rings. The lowest BCUT2D eigenvalue weighted by atomic mass is 9.97. The lowest BCUT2D eigenvalue weighted by Gasteiger charge is -2.29. The van der Waals surface area contributed by atoms with E-state index in [-0.39, 0.29) is 44.1 Å². The fourth-order valence-corrected chi connectivity index (χ4v) is 10.0. The summed E-state index contributed by atoms with van der Waals surface area (Å²) in [6, 6.07) is -18.9. The molecule has 0 heterocycles. The van der Waals surface area contributed by atoms with Crippen molar-refractivity contribution in [1.29, 1.82) is 0 Å². The summed E-state index contributed by atoms with van der Waals surface area (Å²) in [6.45, 7) is 11.8. The lowest BCUT2D eigenvalue weighted by molar-refractivity contribution is -0.140. The van der Waals surface area contributed by atoms with E-state index in [9.17, 15) is 116 Å². The Morgan fingerprint density at radius 1 is 0.385 bits per heavy atom. The molecular formula is C65H110ClN19O24. The minimum absolute atomic E-state index is 0.0979. The number of carbonyl (C=O) groups excluding carboxylic acids is 18. The number of nitrogens with two attached hydrogens (primary N) is 4. The fraction of sp³-hybridized carbons (Fsp3) is 0.692. The van der Waals surface area contributed by atoms with Gasteiger partial charge in [0.25, 0.3) is 0 Å². The number of rotatable bonds is 54. The first-order valence-electron chi connectivity index (χ1n) is 35.1. The molecule has 0 aromatic rings. The molecule has 0 saturated carbocycles. The van der Waals surface area contributed by atoms with Crippen LogP contribution in [0.2, 0.25) is 0 Å². The number of carbonyl (C=O) groups is 20. The van der Waals surface area contributed by atoms with Crippen LogP contribution in [0, 0.1) is 23.7 Å². The zero-order valence-electron chi connectivity index (χ0n) is 62.7. The molecule has 616 valence electrons. The molecule has 0 bridgehead atoms. The summed E-state index contributed by atoms with van der Waals surface area (Å²) in [5.41, 5.74) is 21.6. The molecule has 44 heteroatoms. The summed E-state index contributed by atoms with van der Waals surface area (Å²) in [5.74, 6) is -24.1. The van der Waals surface area contributed by atoms with E-state index >= 15 is 0 Å². The Labute approximate surface area is 633 Å². The molecular weight excluding hydrogens is 1470 g/mol. The zero-order chi connectivity index (χ0) is 83.7. The van der Waals surface area contributed by atoms with Crippen molar-refractivity contribution in [2.24, 2.45) is 46.6 Å². The minimum atomic E-state index is -1.90. The molecule has 109 heavy (non-hydrogen) atoms. The number of hydrogen-bond acceptors (Lipinski definition) is 23. The molecule has 0 unspecified atom stereocenters. The van der Waals surface area contributed by atoms with Gasteiger partial charge < -0.3 is 123 Å². The molecule has 0 spiro atoms. The molecule has 0 aromatic carbocycles. The number of nitrogens with one attached hydrogen (secondary N) is 15. The lowest BCUT2D eigenvalue weighted by Crippen LogP contribution is -2.62. The van der Waals surface area contributed by atoms with Gasteiger partial charge in [-0.15, -0.1) is 11.6 Å². The van der Waals surface area contributed by atoms with Crippen molar-refractivity contribution in [2.45, 2.75) is 225 Å². The number of amides is 18. The van der Waals surface area contributed by atoms with E-state index in [0.29, 0.717) is 6.42 Å². The number of alkyl halides is 1. The molecule has 27 N–H and O–H groups in total. The van der Waals surface area contributed by atoms with Crippen molar-refractivity contribution in [2.75, 3.05) is 38.7 Å². The van der Waals surface area contributed by atoms with E-state index in [1.807, 2.05) is 0 Å². The summed E-state index contributed by atoms with van der Waals surface area (Å²) in [5, 5.41) is 74.5. The molecule has 0 aliphatic rings. The number of aliphatic hydroxyl groups excluding tert-OH is 2. The van der Waals surface area contributed by atoms with Crippen LogP contribution in [0.15, 0.2) is 0 Å². The predicted octanol–water partition coefficient (Wildman–Crippen LogP) is -9.33. The van der Waals surface area contributed by atoms with Crippen LogP contribution in [0.3, 0.4) is 0 Å². The summed E-state index contributed by atoms with van der Waals surface area (Å²) in [6.07, 6.45) is -5.72. The first kappa shape index (κ1) is 98.6. The topological polar surface area (TPSA) is 707 Å². The number of hydrogen-bond donors (Lipinski definition) is 23. The second kappa shape index (κ2) is 51.0. The van der Waals surface area contributed by atoms with Crippen molar-refractivity contribution in [3.05, 3.63) is 0 Å². The van der Waals surface area contributed by atoms with Gasteiger partial charge in [-0.3, -0.25) is 95.9 Å². The van der Waals surface area contributed by atoms with Gasteiger partial charge in [-0.2, -0.15) is 0 Å². The highest BCUT2D eigenvalue weighted by molar-refractivity contribution is 6.27. The summed E-state index contributed by atoms with van der Waals surface area (Å²) >= 11 is 5.46. The molecule has 0 aromatic heterocycles. The number of carboxylic acid groups (broad SMARTS) is 2. The highest BCUT2D eigenvalue weighted by Crippen LogP contribution is 2.13. The number of aliphatic carboxylic acids is 2. The minimum Gasteiger partial charge on any atom is -0.481 e. The van der Waals surface area contributed by atoms with Gasteiger partial charge in [0.05, 0.1) is 38.8 Å². The first-order chi connectivity index (χ1) is 50.8. The van der Waals surface area contributed by atoms with Gasteiger partial charge in [-0.05, 0) is 89.0 Å². The number of primary amides is 3. The third-order valence-corrected chi connectivity index (χ3v) is 16.5. The van der Waals surface area contributed by atoms with Crippen LogP contribution in [0.25, 0.3) is 0 Å². The van der Waals surface area contributed by atoms with Crippen LogP contribution >= 0.6 is 11.6 Å². The van der Waals surface area contributed by atoms with E-state index in [1.54, 1.807) is 27.7 Å². The van der Waals surface area contributed by atoms with Crippen molar-refractivity contribution in [1.82, 2.24) is 79.8 Å². The first-order valence-corrected chi connectivity index (χ1v) is 35.7. The molecule has 0 radical (unpaired) electrons. The molecule has 0 aliphatic carbocycles. The molecule has 18 amide bonds. The van der Waals surface area contributed by atoms with Crippen LogP contribution in [0.1, 0.15) is 146 Å². The third-order valence-electron chi connectivity index (χ3n) is 16.2. The quantitative estimate of drug-likeness (QED) is 0.0199. The molecule has 0 aliphatic heterocycles. The fourth-order valence-electron chi connectivity index (χ4n) is 9.95. The Hall–Kier alpha value is -10.4. The standard InChI is InChI=1S/C65H110ClN19O24/c1-11-32(8)52(54(70)98)84-61(105)39(22-29(2)3)77-46(92)26-73-63(107)53(34(10)87)85-62(106)41(28-86)81-64(108)51(31(6)7)83-65(109)50(30(4)5)82-47(93)27-71-55(99)33(9)74-57(101)35(14-12-13-21-67)78-59(103)37(16-19-48(94)95)80-60(104)38(17-20-49(96)97)79-58(102)36(15-18-42(68)88)75-45(91)25-72-56(100)40(23-43(69)89)76-44(90)24-66/h29-41,50-53,86-87H,11-28,67H2,1-10H3,(H2,68,88)(H2,69,89)(H2,70,98)(H,71,99)(H,72,100)(H,73,107)(H,74,101)(H,75,91)(H,76,90)(H,77,92)(H,78,103)(H,79,102)(H,80,104)(H,81,108)(H,82,93)(H,83,109)(H,84,105)(H,85,106)(H,94,95)(H,96,97)/t32-,33-,34+,35-,36-,37-,38-,39-,40-,41-,50-,51-,52-,53-/m0/s1. The summed E-state index contributed by atoms with van der Waals surface area (Å²) in [7, 11) is 0. The molecule has 43 nitrogen and oxygen atoms in total. The van der Waals surface area contributed by atoms with E-state index < -0.39 is 286 Å². The Bertz CT molecular complexity index is 3200. The van der Waals surface area contributed by atoms with E-state index in [4.69, 9.17) is 34.5 Å². The Morgan fingerprint density at radius 3 is 1.20 bits per heavy atom. The van der Waals surface area contributed by atoms with Crippen molar-refractivity contribution >= 4 is 130 Å². The van der Waals surface area contributed by atoms with Gasteiger partial charge in [0.1, 0.15) is 78.4 Å². The van der Waals surface area contributed by atoms with Crippen LogP contribution < -0.4 is 103 Å². The van der Waals surface area contributed by atoms with Crippen LogP contribution in [0.5, 0.6) is 0 Å². The SMILES string of the molecule is CC[C@H](C)[C@H](NC(=O)[C@H](CC(C)C)NC(=O)CNC(=O)[C@@H](NC(=O)[C@H](CO)NC(=O)[C@@H](NC(=O)[C@@H](NC(=O)CNC(=O)[C@H](C)NC(=O)[C@H](CCCCN)NC(=O)[C@H](CCC(=O)O)NC(=O)[C@H](CCC(=O)O)NC(=O)[C@H](CCC(N)=O)NC(=O)CNC(=O)[C@H](CC(N)=O)NC(=O)CCl)C(C)C)C(C)C)[C@@H](C)O)C(N)=O. The molecule has 14 atom stereocenters. The van der Waals surface area contributed by atoms with Gasteiger partial charge in [0, 0.05) is 19.3 Å². The van der Waals surface area contributed by atoms with Crippen molar-refractivity contribution < 1.29 is 116 Å². The number of carboxylic acids is 2. The van der Waals surface area contributed by atoms with Gasteiger partial charge in [0.2, 0.25) is 106 Å². The molecule has 0 saturated heterocycles. The number of halogens is 1. The number of unbranched alkanes of at least 4 members (excludes halogenated alkanes) is 1. The molecule has 0 rings (SSSR count). The smallest absolute Gasteiger partial charge is 0.303 e. The van der Waals surface area contributed by atoms with Crippen LogP contribution in [-0.2, 0) is 95.9 Å². The van der Waals surface area contributed by atoms with Crippen LogP contribution in [-0.4, -0.2) is 256 Å². The van der Waals surface area contributed by atoms with E-state index in [2.05, 4.69) is 79.8 Å². The zero-order valence-corrected chi connectivity index (χ0v) is 63.4. The highest BCUT2D eigenvalue weighted by atomic mass is 35.5. The second-order valence-corrected chi connectivity index (χ2v) is 27.0. The van der Waals surface area contributed by atoms with Gasteiger partial charge in [-0.25, -0.2) is 0 Å². The van der Waals surface area contributed by atoms with E-state index in [0.717, 1.165) is 6.92 Å². The van der Waals surface area contributed by atoms with Gasteiger partial charge in [0.15, 0.2) is 0 Å². The van der Waals surface area contributed by atoms with E-state index in [1.165, 1.54) is 34.6 Å². The normalized spacial score (nSPS) is 14.9. The van der Waals surface area contributed by atoms with Crippen molar-refractivity contribution in [3.63, 3.8) is 0 Å². The monoisotopic (exact) mass is 1580 g/mol. The third kappa shape index (κ3) is 39.3. The average molecular weight is 1580 g/mol. The predicted molar refractivity (Wildman–Crippen MR) is 384 cm³/mol. The average Bonchev–Trinajstić information content (AvgIpc) is 0.858. The maximum atomic E-state index is 14.1. The maximum absolute atomic E-state index is 14.1. The van der Waals surface area contributed by atoms with Crippen LogP contribution in [0.4, 0.5) is 0 Å². The number of aliphatic hydroxyl groups is 2. The largest absolute Gasteiger partial charge is 0.481 e. The summed E-state index contributed by atoms with van der Waals surface area (Å²) < 4.78 is 0. The van der Waals surface area contributed by atoms with Crippen molar-refractivity contribution in [3.8, 4) is 0 Å². The maximum Gasteiger partial charge on any atom is 0.303 e. The van der Waals surface area contributed by atoms with Gasteiger partial charge in [-0.1, -0.05) is 61.8 Å². The Balaban J connectivity index is 6.35. The Kier molecular flexibility index (Phi) is 46.1. The second-order valence-electron chi connectivity index (χ2n) is 26.8. The highest BCUT2D eigenvalue weighted by Gasteiger charge is 2.38.